The Hall–Kier alpha value is -3.19. The number of aromatic amines is 1. The third-order valence-electron chi connectivity index (χ3n) is 4.53. The van der Waals surface area contributed by atoms with Crippen molar-refractivity contribution in [3.05, 3.63) is 52.7 Å². The maximum atomic E-state index is 12.9. The molecule has 8 heteroatoms. The number of halogens is 1. The lowest BCUT2D eigenvalue weighted by atomic mass is 10.1. The minimum absolute atomic E-state index is 0.0271. The van der Waals surface area contributed by atoms with Gasteiger partial charge in [-0.2, -0.15) is 0 Å². The van der Waals surface area contributed by atoms with Crippen molar-refractivity contribution >= 4 is 40.1 Å². The summed E-state index contributed by atoms with van der Waals surface area (Å²) >= 11 is 6.06. The number of carbonyl (C=O) groups excluding carboxylic acids is 1. The number of fused-ring (bicyclic) bond motifs is 1. The number of amides is 1. The fourth-order valence-electron chi connectivity index (χ4n) is 3.05. The van der Waals surface area contributed by atoms with Crippen LogP contribution in [-0.4, -0.2) is 43.2 Å². The molecular weight excluding hydrogens is 384 g/mol. The second kappa shape index (κ2) is 7.82. The third kappa shape index (κ3) is 3.61. The van der Waals surface area contributed by atoms with E-state index in [-0.39, 0.29) is 18.0 Å². The van der Waals surface area contributed by atoms with E-state index in [1.54, 1.807) is 50.6 Å². The first-order valence-corrected chi connectivity index (χ1v) is 8.75. The number of rotatable bonds is 6. The Morgan fingerprint density at radius 1 is 1.14 bits per heavy atom. The molecule has 0 saturated carbocycles. The SMILES string of the molecule is COc1ccc(N(C)C(=O)Cc2c(C(=O)O)[nH]c3ccc(Cl)cc23)c(OC)c1. The van der Waals surface area contributed by atoms with Crippen LogP contribution in [-0.2, 0) is 11.2 Å². The summed E-state index contributed by atoms with van der Waals surface area (Å²) < 4.78 is 10.5. The minimum Gasteiger partial charge on any atom is -0.497 e. The Labute approximate surface area is 166 Å². The van der Waals surface area contributed by atoms with Gasteiger partial charge >= 0.3 is 5.97 Å². The Kier molecular flexibility index (Phi) is 5.46. The smallest absolute Gasteiger partial charge is 0.352 e. The van der Waals surface area contributed by atoms with E-state index in [1.807, 2.05) is 0 Å². The number of aromatic nitrogens is 1. The molecule has 1 heterocycles. The number of anilines is 1. The van der Waals surface area contributed by atoms with Gasteiger partial charge in [0, 0.05) is 34.6 Å². The summed E-state index contributed by atoms with van der Waals surface area (Å²) in [6, 6.07) is 10.1. The van der Waals surface area contributed by atoms with Crippen molar-refractivity contribution in [2.45, 2.75) is 6.42 Å². The molecule has 1 amide bonds. The van der Waals surface area contributed by atoms with Gasteiger partial charge in [-0.1, -0.05) is 11.6 Å². The number of likely N-dealkylation sites (N-methyl/N-ethyl adjacent to an activating group) is 1. The number of aromatic carboxylic acids is 1. The first kappa shape index (κ1) is 19.6. The second-order valence-electron chi connectivity index (χ2n) is 6.14. The van der Waals surface area contributed by atoms with Gasteiger partial charge in [-0.05, 0) is 30.3 Å². The van der Waals surface area contributed by atoms with E-state index in [9.17, 15) is 14.7 Å². The summed E-state index contributed by atoms with van der Waals surface area (Å²) in [7, 11) is 4.65. The van der Waals surface area contributed by atoms with E-state index in [0.29, 0.717) is 38.7 Å². The van der Waals surface area contributed by atoms with Crippen LogP contribution in [0.25, 0.3) is 10.9 Å². The van der Waals surface area contributed by atoms with Crippen LogP contribution in [0.2, 0.25) is 5.02 Å². The van der Waals surface area contributed by atoms with Crippen molar-refractivity contribution in [3.63, 3.8) is 0 Å². The van der Waals surface area contributed by atoms with Crippen molar-refractivity contribution in [2.75, 3.05) is 26.2 Å². The zero-order chi connectivity index (χ0) is 20.4. The highest BCUT2D eigenvalue weighted by atomic mass is 35.5. The van der Waals surface area contributed by atoms with Crippen molar-refractivity contribution in [1.29, 1.82) is 0 Å². The van der Waals surface area contributed by atoms with Crippen LogP contribution in [0.15, 0.2) is 36.4 Å². The molecular formula is C20H19ClN2O5. The number of ether oxygens (including phenoxy) is 2. The monoisotopic (exact) mass is 402 g/mol. The largest absolute Gasteiger partial charge is 0.497 e. The van der Waals surface area contributed by atoms with E-state index in [2.05, 4.69) is 4.98 Å². The number of nitrogens with one attached hydrogen (secondary N) is 1. The molecule has 28 heavy (non-hydrogen) atoms. The zero-order valence-electron chi connectivity index (χ0n) is 15.6. The average molecular weight is 403 g/mol. The lowest BCUT2D eigenvalue weighted by molar-refractivity contribution is -0.117. The Balaban J connectivity index is 1.98. The lowest BCUT2D eigenvalue weighted by Gasteiger charge is -2.20. The van der Waals surface area contributed by atoms with E-state index in [1.165, 1.54) is 12.0 Å². The van der Waals surface area contributed by atoms with Crippen LogP contribution in [0.4, 0.5) is 5.69 Å². The highest BCUT2D eigenvalue weighted by Gasteiger charge is 2.23. The lowest BCUT2D eigenvalue weighted by Crippen LogP contribution is -2.28. The van der Waals surface area contributed by atoms with E-state index in [0.717, 1.165) is 0 Å². The third-order valence-corrected chi connectivity index (χ3v) is 4.77. The summed E-state index contributed by atoms with van der Waals surface area (Å²) in [6.45, 7) is 0. The van der Waals surface area contributed by atoms with Gasteiger partial charge in [-0.15, -0.1) is 0 Å². The normalized spacial score (nSPS) is 10.7. The molecule has 0 spiro atoms. The standard InChI is InChI=1S/C20H19ClN2O5/c1-23(16-7-5-12(27-2)9-17(16)28-3)18(24)10-14-13-8-11(21)4-6-15(13)22-19(14)20(25)26/h4-9,22H,10H2,1-3H3,(H,25,26). The van der Waals surface area contributed by atoms with Gasteiger partial charge in [0.25, 0.3) is 0 Å². The maximum absolute atomic E-state index is 12.9. The number of methoxy groups -OCH3 is 2. The molecule has 146 valence electrons. The summed E-state index contributed by atoms with van der Waals surface area (Å²) in [5.41, 5.74) is 1.51. The Morgan fingerprint density at radius 3 is 2.54 bits per heavy atom. The van der Waals surface area contributed by atoms with Crippen LogP contribution in [0.5, 0.6) is 11.5 Å². The predicted molar refractivity (Wildman–Crippen MR) is 107 cm³/mol. The molecule has 0 bridgehead atoms. The topological polar surface area (TPSA) is 91.9 Å². The molecule has 2 N–H and O–H groups in total. The molecule has 0 atom stereocenters. The molecule has 0 radical (unpaired) electrons. The zero-order valence-corrected chi connectivity index (χ0v) is 16.3. The molecule has 0 aliphatic carbocycles. The fraction of sp³-hybridized carbons (Fsp3) is 0.200. The average Bonchev–Trinajstić information content (AvgIpc) is 3.04. The summed E-state index contributed by atoms with van der Waals surface area (Å²) in [5.74, 6) is -0.372. The van der Waals surface area contributed by atoms with Crippen LogP contribution in [0, 0.1) is 0 Å². The Morgan fingerprint density at radius 2 is 1.89 bits per heavy atom. The second-order valence-corrected chi connectivity index (χ2v) is 6.58. The fourth-order valence-corrected chi connectivity index (χ4v) is 3.22. The molecule has 0 unspecified atom stereocenters. The van der Waals surface area contributed by atoms with Crippen LogP contribution in [0.1, 0.15) is 16.1 Å². The number of nitrogens with zero attached hydrogens (tertiary/aromatic N) is 1. The number of hydrogen-bond donors (Lipinski definition) is 2. The number of carboxylic acids is 1. The molecule has 1 aromatic heterocycles. The molecule has 2 aromatic carbocycles. The molecule has 0 saturated heterocycles. The van der Waals surface area contributed by atoms with E-state index >= 15 is 0 Å². The van der Waals surface area contributed by atoms with Gasteiger partial charge in [0.1, 0.15) is 17.2 Å². The van der Waals surface area contributed by atoms with Gasteiger partial charge < -0.3 is 24.5 Å². The molecule has 0 aliphatic heterocycles. The highest BCUT2D eigenvalue weighted by Crippen LogP contribution is 2.33. The number of carbonyl (C=O) groups is 2. The minimum atomic E-state index is -1.14. The predicted octanol–water partition coefficient (Wildman–Crippen LogP) is 3.74. The molecule has 3 rings (SSSR count). The van der Waals surface area contributed by atoms with Crippen LogP contribution in [0.3, 0.4) is 0 Å². The highest BCUT2D eigenvalue weighted by molar-refractivity contribution is 6.31. The summed E-state index contributed by atoms with van der Waals surface area (Å²) in [4.78, 5) is 28.8. The number of hydrogen-bond acceptors (Lipinski definition) is 4. The quantitative estimate of drug-likeness (QED) is 0.655. The van der Waals surface area contributed by atoms with Crippen molar-refractivity contribution < 1.29 is 24.2 Å². The van der Waals surface area contributed by atoms with Crippen molar-refractivity contribution in [2.24, 2.45) is 0 Å². The van der Waals surface area contributed by atoms with E-state index < -0.39 is 5.97 Å². The number of carboxylic acid groups (broad SMARTS) is 1. The molecule has 3 aromatic rings. The van der Waals surface area contributed by atoms with Gasteiger partial charge in [-0.3, -0.25) is 4.79 Å². The summed E-state index contributed by atoms with van der Waals surface area (Å²) in [6.07, 6.45) is -0.117. The van der Waals surface area contributed by atoms with E-state index in [4.69, 9.17) is 21.1 Å². The molecule has 7 nitrogen and oxygen atoms in total. The van der Waals surface area contributed by atoms with Gasteiger partial charge in [0.05, 0.1) is 26.3 Å². The maximum Gasteiger partial charge on any atom is 0.352 e. The van der Waals surface area contributed by atoms with Crippen molar-refractivity contribution in [1.82, 2.24) is 4.98 Å². The summed E-state index contributed by atoms with van der Waals surface area (Å²) in [5, 5.41) is 10.6. The molecule has 0 aliphatic rings. The first-order valence-electron chi connectivity index (χ1n) is 8.37. The van der Waals surface area contributed by atoms with Crippen LogP contribution >= 0.6 is 11.6 Å². The van der Waals surface area contributed by atoms with Gasteiger partial charge in [0.15, 0.2) is 0 Å². The van der Waals surface area contributed by atoms with Crippen LogP contribution < -0.4 is 14.4 Å². The first-order chi connectivity index (χ1) is 13.3. The van der Waals surface area contributed by atoms with Gasteiger partial charge in [0.2, 0.25) is 5.91 Å². The Bertz CT molecular complexity index is 1060. The van der Waals surface area contributed by atoms with Crippen molar-refractivity contribution in [3.8, 4) is 11.5 Å². The number of benzene rings is 2. The number of H-pyrrole nitrogens is 1. The molecule has 0 fully saturated rings. The van der Waals surface area contributed by atoms with Gasteiger partial charge in [-0.25, -0.2) is 4.79 Å².